The fourth-order valence-corrected chi connectivity index (χ4v) is 4.27. The van der Waals surface area contributed by atoms with E-state index in [2.05, 4.69) is 41.4 Å². The highest BCUT2D eigenvalue weighted by molar-refractivity contribution is 9.10. The third-order valence-corrected chi connectivity index (χ3v) is 5.89. The first-order chi connectivity index (χ1) is 16.3. The van der Waals surface area contributed by atoms with E-state index >= 15 is 0 Å². The minimum atomic E-state index is -0.457. The van der Waals surface area contributed by atoms with E-state index in [-0.39, 0.29) is 23.9 Å². The summed E-state index contributed by atoms with van der Waals surface area (Å²) in [6, 6.07) is 10.6. The van der Waals surface area contributed by atoms with E-state index in [0.29, 0.717) is 27.5 Å². The summed E-state index contributed by atoms with van der Waals surface area (Å²) in [6.45, 7) is 1.43. The second kappa shape index (κ2) is 10.2. The fourth-order valence-electron chi connectivity index (χ4n) is 3.62. The number of hydrogen-bond donors (Lipinski definition) is 3. The molecule has 0 aliphatic rings. The molecule has 0 saturated heterocycles. The molecule has 0 unspecified atom stereocenters. The molecule has 2 aromatic carbocycles. The first-order valence-electron chi connectivity index (χ1n) is 10.7. The quantitative estimate of drug-likeness (QED) is 0.222. The topological polar surface area (TPSA) is 123 Å². The number of rotatable bonds is 8. The van der Waals surface area contributed by atoms with Crippen molar-refractivity contribution in [2.75, 3.05) is 27.2 Å². The molecule has 176 valence electrons. The van der Waals surface area contributed by atoms with Gasteiger partial charge in [-0.1, -0.05) is 6.07 Å². The molecule has 4 aromatic rings. The number of furan rings is 1. The maximum atomic E-state index is 12.5. The van der Waals surface area contributed by atoms with E-state index < -0.39 is 5.91 Å². The van der Waals surface area contributed by atoms with E-state index in [4.69, 9.17) is 4.42 Å². The van der Waals surface area contributed by atoms with Gasteiger partial charge in [-0.2, -0.15) is 0 Å². The summed E-state index contributed by atoms with van der Waals surface area (Å²) in [5.41, 5.74) is 2.58. The second-order valence-electron chi connectivity index (χ2n) is 8.18. The van der Waals surface area contributed by atoms with Gasteiger partial charge in [0.1, 0.15) is 5.58 Å². The third-order valence-electron chi connectivity index (χ3n) is 5.27. The maximum absolute atomic E-state index is 12.5. The van der Waals surface area contributed by atoms with Gasteiger partial charge in [0.2, 0.25) is 5.88 Å². The lowest BCUT2D eigenvalue weighted by atomic mass is 10.1. The Balaban J connectivity index is 1.48. The lowest BCUT2D eigenvalue weighted by Gasteiger charge is -2.10. The van der Waals surface area contributed by atoms with Gasteiger partial charge in [-0.3, -0.25) is 9.59 Å². The normalized spacial score (nSPS) is 11.8. The molecule has 0 saturated carbocycles. The molecular formula is C24H24BrN5O4. The average Bonchev–Trinajstić information content (AvgIpc) is 3.38. The molecule has 34 heavy (non-hydrogen) atoms. The van der Waals surface area contributed by atoms with Gasteiger partial charge in [-0.25, -0.2) is 0 Å². The number of carbonyl (C=O) groups excluding carboxylic acids is 2. The van der Waals surface area contributed by atoms with Gasteiger partial charge in [-0.15, -0.1) is 10.2 Å². The van der Waals surface area contributed by atoms with Crippen molar-refractivity contribution in [2.24, 2.45) is 10.2 Å². The van der Waals surface area contributed by atoms with Crippen LogP contribution in [0.5, 0.6) is 5.88 Å². The number of aromatic hydroxyl groups is 1. The van der Waals surface area contributed by atoms with Crippen LogP contribution in [0.1, 0.15) is 22.3 Å². The zero-order valence-corrected chi connectivity index (χ0v) is 20.3. The predicted octanol–water partition coefficient (Wildman–Crippen LogP) is 4.92. The molecule has 2 aromatic heterocycles. The van der Waals surface area contributed by atoms with Crippen LogP contribution < -0.4 is 5.32 Å². The van der Waals surface area contributed by atoms with Crippen LogP contribution in [0.15, 0.2) is 61.8 Å². The Morgan fingerprint density at radius 2 is 2.03 bits per heavy atom. The predicted molar refractivity (Wildman–Crippen MR) is 133 cm³/mol. The molecular weight excluding hydrogens is 502 g/mol. The minimum Gasteiger partial charge on any atom is -0.493 e. The van der Waals surface area contributed by atoms with Crippen LogP contribution in [-0.4, -0.2) is 54.0 Å². The van der Waals surface area contributed by atoms with Crippen LogP contribution in [-0.2, 0) is 11.2 Å². The Bertz CT molecular complexity index is 1390. The average molecular weight is 526 g/mol. The Kier molecular flexibility index (Phi) is 7.09. The Morgan fingerprint density at radius 1 is 1.21 bits per heavy atom. The number of nitrogens with zero attached hydrogens (tertiary/aromatic N) is 3. The molecule has 9 nitrogen and oxygen atoms in total. The molecule has 0 spiro atoms. The molecule has 4 rings (SSSR count). The molecule has 10 heteroatoms. The molecule has 0 aliphatic heterocycles. The van der Waals surface area contributed by atoms with Crippen LogP contribution in [0.25, 0.3) is 21.9 Å². The first-order valence-corrected chi connectivity index (χ1v) is 11.5. The van der Waals surface area contributed by atoms with Crippen molar-refractivity contribution in [3.05, 3.63) is 58.3 Å². The van der Waals surface area contributed by atoms with E-state index in [1.54, 1.807) is 30.5 Å². The molecule has 2 heterocycles. The summed E-state index contributed by atoms with van der Waals surface area (Å²) < 4.78 is 5.85. The molecule has 0 atom stereocenters. The number of nitrogens with one attached hydrogen (secondary N) is 2. The Morgan fingerprint density at radius 3 is 2.82 bits per heavy atom. The summed E-state index contributed by atoms with van der Waals surface area (Å²) in [6.07, 6.45) is 2.49. The van der Waals surface area contributed by atoms with Crippen LogP contribution in [0.2, 0.25) is 0 Å². The molecule has 0 aliphatic carbocycles. The zero-order chi connectivity index (χ0) is 24.2. The van der Waals surface area contributed by atoms with Crippen LogP contribution >= 0.6 is 15.9 Å². The smallest absolute Gasteiger partial charge is 0.269 e. The number of aromatic nitrogens is 1. The number of benzene rings is 2. The second-order valence-corrected chi connectivity index (χ2v) is 9.03. The van der Waals surface area contributed by atoms with Crippen molar-refractivity contribution in [1.82, 2.24) is 15.2 Å². The number of halogens is 1. The van der Waals surface area contributed by atoms with Gasteiger partial charge < -0.3 is 24.7 Å². The van der Waals surface area contributed by atoms with Crippen molar-refractivity contribution >= 4 is 55.3 Å². The number of carbonyl (C=O) groups is 2. The number of fused-ring (bicyclic) bond motifs is 2. The van der Waals surface area contributed by atoms with Gasteiger partial charge in [0.05, 0.1) is 18.2 Å². The lowest BCUT2D eigenvalue weighted by molar-refractivity contribution is -0.117. The first kappa shape index (κ1) is 23.7. The van der Waals surface area contributed by atoms with Crippen LogP contribution in [0.3, 0.4) is 0 Å². The molecule has 0 radical (unpaired) electrons. The van der Waals surface area contributed by atoms with E-state index in [0.717, 1.165) is 29.5 Å². The Labute approximate surface area is 204 Å². The monoisotopic (exact) mass is 525 g/mol. The van der Waals surface area contributed by atoms with Crippen molar-refractivity contribution in [3.63, 3.8) is 0 Å². The molecule has 3 N–H and O–H groups in total. The van der Waals surface area contributed by atoms with E-state index in [9.17, 15) is 14.7 Å². The number of amides is 2. The Hall–Kier alpha value is -3.50. The maximum Gasteiger partial charge on any atom is 0.269 e. The van der Waals surface area contributed by atoms with Crippen molar-refractivity contribution in [3.8, 4) is 5.88 Å². The van der Waals surface area contributed by atoms with Gasteiger partial charge >= 0.3 is 0 Å². The minimum absolute atomic E-state index is 0.0625. The molecule has 0 bridgehead atoms. The van der Waals surface area contributed by atoms with Crippen molar-refractivity contribution in [1.29, 1.82) is 0 Å². The zero-order valence-electron chi connectivity index (χ0n) is 18.8. The van der Waals surface area contributed by atoms with Crippen molar-refractivity contribution < 1.29 is 19.1 Å². The van der Waals surface area contributed by atoms with Gasteiger partial charge in [0.25, 0.3) is 11.8 Å². The van der Waals surface area contributed by atoms with Gasteiger partial charge in [0.15, 0.2) is 5.69 Å². The molecule has 0 fully saturated rings. The summed E-state index contributed by atoms with van der Waals surface area (Å²) in [4.78, 5) is 29.7. The summed E-state index contributed by atoms with van der Waals surface area (Å²) in [5, 5.41) is 22.4. The number of azo groups is 1. The third kappa shape index (κ3) is 5.35. The van der Waals surface area contributed by atoms with Crippen molar-refractivity contribution in [2.45, 2.75) is 12.8 Å². The van der Waals surface area contributed by atoms with Crippen LogP contribution in [0.4, 0.5) is 5.69 Å². The number of aromatic amines is 1. The van der Waals surface area contributed by atoms with Gasteiger partial charge in [-0.05, 0) is 78.9 Å². The van der Waals surface area contributed by atoms with Gasteiger partial charge in [0, 0.05) is 27.4 Å². The number of H-pyrrole nitrogens is 1. The molecule has 2 amide bonds. The van der Waals surface area contributed by atoms with Crippen LogP contribution in [0, 0.1) is 0 Å². The standard InChI is InChI=1S/C24H24BrN5O4/c1-30(2)8-3-7-26-23(32)16-12-17(25)21-18(13-16)27-24(33)22(21)29-28-20(31)11-14-4-5-19-15(10-14)6-9-34-19/h4-6,9-10,12-13,27,33H,3,7-8,11H2,1-2H3,(H,26,32). The lowest BCUT2D eigenvalue weighted by Crippen LogP contribution is -2.27. The highest BCUT2D eigenvalue weighted by atomic mass is 79.9. The summed E-state index contributed by atoms with van der Waals surface area (Å²) >= 11 is 3.45. The highest BCUT2D eigenvalue weighted by Gasteiger charge is 2.17. The van der Waals surface area contributed by atoms with E-state index in [1.807, 2.05) is 26.2 Å². The number of hydrogen-bond acceptors (Lipinski definition) is 6. The summed E-state index contributed by atoms with van der Waals surface area (Å²) in [7, 11) is 3.96. The fraction of sp³-hybridized carbons (Fsp3) is 0.250. The SMILES string of the molecule is CN(C)CCCNC(=O)c1cc(Br)c2c(N=NC(=O)Cc3ccc4occc4c3)c(O)[nH]c2c1. The largest absolute Gasteiger partial charge is 0.493 e. The summed E-state index contributed by atoms with van der Waals surface area (Å²) in [5.74, 6) is -0.916. The highest BCUT2D eigenvalue weighted by Crippen LogP contribution is 2.40. The van der Waals surface area contributed by atoms with E-state index in [1.165, 1.54) is 0 Å².